The van der Waals surface area contributed by atoms with Gasteiger partial charge in [-0.25, -0.2) is 0 Å². The predicted molar refractivity (Wildman–Crippen MR) is 114 cm³/mol. The van der Waals surface area contributed by atoms with Crippen LogP contribution in [0.4, 0.5) is 19.1 Å². The number of hydrogen-bond acceptors (Lipinski definition) is 4. The summed E-state index contributed by atoms with van der Waals surface area (Å²) in [5.41, 5.74) is 5.65. The first kappa shape index (κ1) is 26.0. The van der Waals surface area contributed by atoms with Gasteiger partial charge in [0, 0.05) is 22.6 Å². The number of carbonyl (C=O) groups is 1. The standard InChI is InChI=1S/C13H24N2O.C9H6ClF3O/c1-4-6-11(8-7-10(3)5-2)12-9-13(14)16-15-12;1-5(14)6-2-7(9(11,12)13)4-8(10)3-6/h9-11H,4-8,14H2,1-3H3;2-4H,1H3/t10-,11?;/m1./s1. The number of ketones is 1. The molecular weight excluding hydrogens is 417 g/mol. The van der Waals surface area contributed by atoms with Gasteiger partial charge in [-0.05, 0) is 43.9 Å². The number of halogens is 4. The third kappa shape index (κ3) is 8.78. The number of carbonyl (C=O) groups excluding carboxylic acids is 1. The zero-order chi connectivity index (χ0) is 22.9. The fourth-order valence-electron chi connectivity index (χ4n) is 2.93. The zero-order valence-electron chi connectivity index (χ0n) is 17.9. The number of nitrogens with two attached hydrogens (primary N) is 1. The first-order chi connectivity index (χ1) is 14.0. The molecular formula is C22H30ClF3N2O2. The third-order valence-corrected chi connectivity index (χ3v) is 5.16. The summed E-state index contributed by atoms with van der Waals surface area (Å²) < 4.78 is 41.7. The number of Topliss-reactive ketones (excluding diaryl/α,β-unsaturated/α-hetero) is 1. The molecule has 0 radical (unpaired) electrons. The van der Waals surface area contributed by atoms with Gasteiger partial charge >= 0.3 is 6.18 Å². The molecule has 0 amide bonds. The first-order valence-corrected chi connectivity index (χ1v) is 10.5. The molecule has 0 aliphatic carbocycles. The minimum atomic E-state index is -4.48. The van der Waals surface area contributed by atoms with Gasteiger partial charge in [0.1, 0.15) is 0 Å². The van der Waals surface area contributed by atoms with E-state index < -0.39 is 17.5 Å². The van der Waals surface area contributed by atoms with Crippen LogP contribution in [0.3, 0.4) is 0 Å². The second-order valence-electron chi connectivity index (χ2n) is 7.51. The molecule has 0 fully saturated rings. The Labute approximate surface area is 181 Å². The van der Waals surface area contributed by atoms with Crippen LogP contribution in [-0.4, -0.2) is 10.9 Å². The molecule has 0 saturated carbocycles. The maximum Gasteiger partial charge on any atom is 0.416 e. The number of hydrogen-bond donors (Lipinski definition) is 1. The summed E-state index contributed by atoms with van der Waals surface area (Å²) in [7, 11) is 0. The van der Waals surface area contributed by atoms with E-state index in [2.05, 4.69) is 25.9 Å². The van der Waals surface area contributed by atoms with E-state index in [1.54, 1.807) is 0 Å². The quantitative estimate of drug-likeness (QED) is 0.425. The number of nitrogens with zero attached hydrogens (tertiary/aromatic N) is 1. The molecule has 168 valence electrons. The number of anilines is 1. The van der Waals surface area contributed by atoms with Gasteiger partial charge in [0.15, 0.2) is 5.78 Å². The van der Waals surface area contributed by atoms with Crippen LogP contribution in [-0.2, 0) is 6.18 Å². The molecule has 0 aliphatic heterocycles. The fourth-order valence-corrected chi connectivity index (χ4v) is 3.17. The van der Waals surface area contributed by atoms with Gasteiger partial charge in [-0.3, -0.25) is 4.79 Å². The molecule has 0 aliphatic rings. The Morgan fingerprint density at radius 1 is 1.17 bits per heavy atom. The molecule has 2 atom stereocenters. The number of rotatable bonds is 8. The molecule has 8 heteroatoms. The molecule has 1 aromatic carbocycles. The summed E-state index contributed by atoms with van der Waals surface area (Å²) in [6.07, 6.45) is 1.57. The van der Waals surface area contributed by atoms with E-state index in [-0.39, 0.29) is 10.6 Å². The SMILES string of the molecule is CC(=O)c1cc(Cl)cc(C(F)(F)F)c1.CCCC(CC[C@H](C)CC)c1cc(N)on1. The highest BCUT2D eigenvalue weighted by Gasteiger charge is 2.31. The Bertz CT molecular complexity index is 806. The lowest BCUT2D eigenvalue weighted by Gasteiger charge is -2.15. The van der Waals surface area contributed by atoms with E-state index in [1.165, 1.54) is 45.1 Å². The van der Waals surface area contributed by atoms with E-state index in [1.807, 2.05) is 6.07 Å². The van der Waals surface area contributed by atoms with Crippen molar-refractivity contribution in [3.8, 4) is 0 Å². The highest BCUT2D eigenvalue weighted by molar-refractivity contribution is 6.31. The lowest BCUT2D eigenvalue weighted by molar-refractivity contribution is -0.137. The smallest absolute Gasteiger partial charge is 0.368 e. The van der Waals surface area contributed by atoms with Crippen molar-refractivity contribution in [3.63, 3.8) is 0 Å². The molecule has 1 aromatic heterocycles. The van der Waals surface area contributed by atoms with E-state index in [0.29, 0.717) is 11.8 Å². The third-order valence-electron chi connectivity index (χ3n) is 4.94. The number of nitrogen functional groups attached to an aromatic ring is 1. The van der Waals surface area contributed by atoms with Gasteiger partial charge in [0.2, 0.25) is 5.88 Å². The maximum atomic E-state index is 12.2. The van der Waals surface area contributed by atoms with Crippen molar-refractivity contribution >= 4 is 23.3 Å². The molecule has 2 rings (SSSR count). The highest BCUT2D eigenvalue weighted by Crippen LogP contribution is 2.32. The van der Waals surface area contributed by atoms with Gasteiger partial charge in [-0.2, -0.15) is 13.2 Å². The van der Waals surface area contributed by atoms with E-state index in [0.717, 1.165) is 23.7 Å². The van der Waals surface area contributed by atoms with E-state index >= 15 is 0 Å². The summed E-state index contributed by atoms with van der Waals surface area (Å²) >= 11 is 5.45. The van der Waals surface area contributed by atoms with Gasteiger partial charge in [-0.1, -0.05) is 56.8 Å². The summed E-state index contributed by atoms with van der Waals surface area (Å²) in [5.74, 6) is 1.29. The maximum absolute atomic E-state index is 12.2. The molecule has 30 heavy (non-hydrogen) atoms. The van der Waals surface area contributed by atoms with Gasteiger partial charge in [0.25, 0.3) is 0 Å². The molecule has 0 saturated heterocycles. The Balaban J connectivity index is 0.000000303. The average Bonchev–Trinajstić information content (AvgIpc) is 3.10. The number of alkyl halides is 3. The Morgan fingerprint density at radius 3 is 2.30 bits per heavy atom. The van der Waals surface area contributed by atoms with Crippen LogP contribution in [0.1, 0.15) is 87.3 Å². The van der Waals surface area contributed by atoms with Crippen molar-refractivity contribution in [2.24, 2.45) is 5.92 Å². The summed E-state index contributed by atoms with van der Waals surface area (Å²) in [4.78, 5) is 10.9. The highest BCUT2D eigenvalue weighted by atomic mass is 35.5. The molecule has 0 spiro atoms. The van der Waals surface area contributed by atoms with Crippen LogP contribution in [0.15, 0.2) is 28.8 Å². The first-order valence-electron chi connectivity index (χ1n) is 10.1. The predicted octanol–water partition coefficient (Wildman–Crippen LogP) is 7.53. The Hall–Kier alpha value is -2.02. The summed E-state index contributed by atoms with van der Waals surface area (Å²) in [6.45, 7) is 7.94. The number of aromatic nitrogens is 1. The monoisotopic (exact) mass is 446 g/mol. The lowest BCUT2D eigenvalue weighted by Crippen LogP contribution is -2.06. The molecule has 1 heterocycles. The fraction of sp³-hybridized carbons (Fsp3) is 0.545. The van der Waals surface area contributed by atoms with Crippen molar-refractivity contribution < 1.29 is 22.5 Å². The van der Waals surface area contributed by atoms with Crippen molar-refractivity contribution in [1.82, 2.24) is 5.16 Å². The second kappa shape index (κ2) is 12.0. The second-order valence-corrected chi connectivity index (χ2v) is 7.95. The van der Waals surface area contributed by atoms with Crippen LogP contribution in [0.25, 0.3) is 0 Å². The van der Waals surface area contributed by atoms with Crippen LogP contribution >= 0.6 is 11.6 Å². The number of benzene rings is 1. The van der Waals surface area contributed by atoms with Crippen LogP contribution in [0, 0.1) is 5.92 Å². The molecule has 2 N–H and O–H groups in total. The van der Waals surface area contributed by atoms with Gasteiger partial charge in [0.05, 0.1) is 11.3 Å². The van der Waals surface area contributed by atoms with Gasteiger partial charge in [-0.15, -0.1) is 0 Å². The van der Waals surface area contributed by atoms with Gasteiger partial charge < -0.3 is 10.3 Å². The largest absolute Gasteiger partial charge is 0.416 e. The minimum Gasteiger partial charge on any atom is -0.368 e. The lowest BCUT2D eigenvalue weighted by atomic mass is 9.90. The van der Waals surface area contributed by atoms with Crippen molar-refractivity contribution in [2.75, 3.05) is 5.73 Å². The molecule has 2 aromatic rings. The molecule has 0 bridgehead atoms. The van der Waals surface area contributed by atoms with Crippen molar-refractivity contribution in [2.45, 2.75) is 71.9 Å². The molecule has 4 nitrogen and oxygen atoms in total. The Kier molecular flexibility index (Phi) is 10.4. The summed E-state index contributed by atoms with van der Waals surface area (Å²) in [5, 5.41) is 3.95. The Morgan fingerprint density at radius 2 is 1.83 bits per heavy atom. The normalized spacial score (nSPS) is 13.3. The van der Waals surface area contributed by atoms with E-state index in [9.17, 15) is 18.0 Å². The average molecular weight is 447 g/mol. The topological polar surface area (TPSA) is 69.1 Å². The van der Waals surface area contributed by atoms with E-state index in [4.69, 9.17) is 21.9 Å². The zero-order valence-corrected chi connectivity index (χ0v) is 18.6. The molecule has 1 unspecified atom stereocenters. The summed E-state index contributed by atoms with van der Waals surface area (Å²) in [6, 6.07) is 4.65. The minimum absolute atomic E-state index is 0.0372. The van der Waals surface area contributed by atoms with Crippen molar-refractivity contribution in [1.29, 1.82) is 0 Å². The van der Waals surface area contributed by atoms with Crippen LogP contribution < -0.4 is 5.73 Å². The van der Waals surface area contributed by atoms with Crippen molar-refractivity contribution in [3.05, 3.63) is 46.1 Å². The van der Waals surface area contributed by atoms with Crippen LogP contribution in [0.2, 0.25) is 5.02 Å². The van der Waals surface area contributed by atoms with Crippen LogP contribution in [0.5, 0.6) is 0 Å².